The van der Waals surface area contributed by atoms with E-state index in [1.807, 2.05) is 0 Å². The van der Waals surface area contributed by atoms with E-state index in [0.29, 0.717) is 27.6 Å². The molecule has 3 aromatic rings. The molecule has 0 spiro atoms. The van der Waals surface area contributed by atoms with E-state index in [9.17, 15) is 8.42 Å². The number of nitrogens with zero attached hydrogens (tertiary/aromatic N) is 3. The van der Waals surface area contributed by atoms with Crippen LogP contribution in [0.15, 0.2) is 47.0 Å². The second kappa shape index (κ2) is 8.81. The van der Waals surface area contributed by atoms with Gasteiger partial charge < -0.3 is 14.0 Å². The van der Waals surface area contributed by atoms with Gasteiger partial charge in [-0.25, -0.2) is 8.42 Å². The largest absolute Gasteiger partial charge is 0.497 e. The van der Waals surface area contributed by atoms with Crippen LogP contribution in [0.3, 0.4) is 0 Å². The van der Waals surface area contributed by atoms with Crippen molar-refractivity contribution >= 4 is 21.6 Å². The molecule has 1 heterocycles. The summed E-state index contributed by atoms with van der Waals surface area (Å²) in [4.78, 5) is 4.33. The van der Waals surface area contributed by atoms with Crippen molar-refractivity contribution < 1.29 is 22.4 Å². The molecule has 0 atom stereocenters. The van der Waals surface area contributed by atoms with Crippen molar-refractivity contribution in [2.45, 2.75) is 13.1 Å². The molecule has 0 fully saturated rings. The van der Waals surface area contributed by atoms with Gasteiger partial charge >= 0.3 is 0 Å². The van der Waals surface area contributed by atoms with Crippen LogP contribution in [0.4, 0.5) is 0 Å². The molecule has 10 heteroatoms. The number of hydrogen-bond donors (Lipinski definition) is 0. The molecule has 0 saturated heterocycles. The normalized spacial score (nSPS) is 11.6. The molecule has 0 amide bonds. The van der Waals surface area contributed by atoms with Gasteiger partial charge in [0.05, 0.1) is 32.6 Å². The lowest BCUT2D eigenvalue weighted by Gasteiger charge is -2.18. The molecule has 29 heavy (non-hydrogen) atoms. The Bertz CT molecular complexity index is 1100. The zero-order valence-electron chi connectivity index (χ0n) is 16.1. The van der Waals surface area contributed by atoms with Crippen LogP contribution in [-0.4, -0.2) is 43.3 Å². The summed E-state index contributed by atoms with van der Waals surface area (Å²) < 4.78 is 41.6. The average Bonchev–Trinajstić information content (AvgIpc) is 3.16. The zero-order valence-corrected chi connectivity index (χ0v) is 17.7. The van der Waals surface area contributed by atoms with Gasteiger partial charge in [-0.2, -0.15) is 9.29 Å². The average molecular weight is 438 g/mol. The molecule has 0 aliphatic carbocycles. The predicted octanol–water partition coefficient (Wildman–Crippen LogP) is 3.37. The molecule has 0 aliphatic rings. The Morgan fingerprint density at radius 1 is 1.10 bits per heavy atom. The van der Waals surface area contributed by atoms with Gasteiger partial charge in [-0.1, -0.05) is 35.0 Å². The molecule has 0 N–H and O–H groups in total. The Morgan fingerprint density at radius 2 is 1.86 bits per heavy atom. The topological polar surface area (TPSA) is 94.8 Å². The quantitative estimate of drug-likeness (QED) is 0.533. The van der Waals surface area contributed by atoms with Crippen LogP contribution in [0.25, 0.3) is 11.4 Å². The lowest BCUT2D eigenvalue weighted by atomic mass is 10.2. The summed E-state index contributed by atoms with van der Waals surface area (Å²) in [6, 6.07) is 12.2. The van der Waals surface area contributed by atoms with Gasteiger partial charge in [-0.05, 0) is 29.8 Å². The number of aromatic nitrogens is 2. The smallest absolute Gasteiger partial charge is 0.242 e. The van der Waals surface area contributed by atoms with Crippen LogP contribution in [0.5, 0.6) is 11.5 Å². The first kappa shape index (κ1) is 21.1. The molecule has 2 aromatic carbocycles. The molecular weight excluding hydrogens is 418 g/mol. The summed E-state index contributed by atoms with van der Waals surface area (Å²) in [7, 11) is -0.478. The minimum Gasteiger partial charge on any atom is -0.497 e. The lowest BCUT2D eigenvalue weighted by molar-refractivity contribution is 0.313. The third-order valence-electron chi connectivity index (χ3n) is 4.20. The first-order valence-corrected chi connectivity index (χ1v) is 10.8. The zero-order chi connectivity index (χ0) is 21.0. The van der Waals surface area contributed by atoms with Crippen molar-refractivity contribution in [3.8, 4) is 22.9 Å². The summed E-state index contributed by atoms with van der Waals surface area (Å²) in [5, 5.41) is 4.44. The van der Waals surface area contributed by atoms with Crippen molar-refractivity contribution in [3.05, 3.63) is 58.9 Å². The number of benzene rings is 2. The number of rotatable bonds is 8. The molecule has 0 unspecified atom stereocenters. The van der Waals surface area contributed by atoms with E-state index in [0.717, 1.165) is 6.26 Å². The molecule has 1 aromatic heterocycles. The lowest BCUT2D eigenvalue weighted by Crippen LogP contribution is -2.29. The summed E-state index contributed by atoms with van der Waals surface area (Å²) >= 11 is 6.17. The fourth-order valence-electron chi connectivity index (χ4n) is 2.68. The van der Waals surface area contributed by atoms with Crippen molar-refractivity contribution in [3.63, 3.8) is 0 Å². The van der Waals surface area contributed by atoms with Gasteiger partial charge in [0.25, 0.3) is 0 Å². The first-order valence-electron chi connectivity index (χ1n) is 8.55. The molecule has 0 aliphatic heterocycles. The molecule has 0 radical (unpaired) electrons. The maximum Gasteiger partial charge on any atom is 0.242 e. The number of ether oxygens (including phenoxy) is 2. The summed E-state index contributed by atoms with van der Waals surface area (Å²) in [5.74, 6) is 1.54. The Labute approximate surface area is 174 Å². The van der Waals surface area contributed by atoms with E-state index >= 15 is 0 Å². The second-order valence-electron chi connectivity index (χ2n) is 6.20. The molecule has 0 saturated carbocycles. The minimum absolute atomic E-state index is 0.0820. The fraction of sp³-hybridized carbons (Fsp3) is 0.263. The van der Waals surface area contributed by atoms with Gasteiger partial charge in [0, 0.05) is 11.6 Å². The molecule has 154 valence electrons. The van der Waals surface area contributed by atoms with Crippen molar-refractivity contribution in [1.29, 1.82) is 0 Å². The van der Waals surface area contributed by atoms with E-state index in [2.05, 4.69) is 10.1 Å². The molecule has 0 bridgehead atoms. The fourth-order valence-corrected chi connectivity index (χ4v) is 3.59. The Hall–Kier alpha value is -2.62. The summed E-state index contributed by atoms with van der Waals surface area (Å²) in [6.45, 7) is -0.0119. The Balaban J connectivity index is 1.88. The highest BCUT2D eigenvalue weighted by Crippen LogP contribution is 2.32. The van der Waals surface area contributed by atoms with Gasteiger partial charge in [0.2, 0.25) is 21.7 Å². The number of hydrogen-bond acceptors (Lipinski definition) is 7. The van der Waals surface area contributed by atoms with Crippen LogP contribution < -0.4 is 9.47 Å². The SMILES string of the molecule is COc1ccc(OC)c(-c2noc(CN(Cc3ccccc3Cl)S(C)(=O)=O)n2)c1. The van der Waals surface area contributed by atoms with Crippen LogP contribution in [0.1, 0.15) is 11.5 Å². The maximum absolute atomic E-state index is 12.3. The van der Waals surface area contributed by atoms with E-state index in [1.54, 1.807) is 49.6 Å². The van der Waals surface area contributed by atoms with E-state index in [-0.39, 0.29) is 24.8 Å². The Morgan fingerprint density at radius 3 is 2.52 bits per heavy atom. The summed E-state index contributed by atoms with van der Waals surface area (Å²) in [5.41, 5.74) is 1.24. The first-order chi connectivity index (χ1) is 13.8. The number of methoxy groups -OCH3 is 2. The summed E-state index contributed by atoms with van der Waals surface area (Å²) in [6.07, 6.45) is 1.12. The van der Waals surface area contributed by atoms with E-state index in [1.165, 1.54) is 11.4 Å². The Kier molecular flexibility index (Phi) is 6.41. The second-order valence-corrected chi connectivity index (χ2v) is 8.59. The highest BCUT2D eigenvalue weighted by atomic mass is 35.5. The van der Waals surface area contributed by atoms with Crippen LogP contribution in [-0.2, 0) is 23.1 Å². The monoisotopic (exact) mass is 437 g/mol. The van der Waals surface area contributed by atoms with Crippen molar-refractivity contribution in [2.24, 2.45) is 0 Å². The highest BCUT2D eigenvalue weighted by molar-refractivity contribution is 7.88. The number of halogens is 1. The molecular formula is C19H20ClN3O5S. The van der Waals surface area contributed by atoms with Crippen LogP contribution in [0, 0.1) is 0 Å². The predicted molar refractivity (Wildman–Crippen MR) is 108 cm³/mol. The standard InChI is InChI=1S/C19H20ClN3O5S/c1-26-14-8-9-17(27-2)15(10-14)19-21-18(28-22-19)12-23(29(3,24)25)11-13-6-4-5-7-16(13)20/h4-10H,11-12H2,1-3H3. The van der Waals surface area contributed by atoms with E-state index < -0.39 is 10.0 Å². The third kappa shape index (κ3) is 5.06. The minimum atomic E-state index is -3.55. The van der Waals surface area contributed by atoms with Gasteiger partial charge in [0.15, 0.2) is 0 Å². The highest BCUT2D eigenvalue weighted by Gasteiger charge is 2.23. The molecule has 3 rings (SSSR count). The maximum atomic E-state index is 12.3. The molecule has 8 nitrogen and oxygen atoms in total. The number of sulfonamides is 1. The van der Waals surface area contributed by atoms with Gasteiger partial charge in [-0.15, -0.1) is 0 Å². The van der Waals surface area contributed by atoms with E-state index in [4.69, 9.17) is 25.6 Å². The van der Waals surface area contributed by atoms with Crippen molar-refractivity contribution in [1.82, 2.24) is 14.4 Å². The van der Waals surface area contributed by atoms with Crippen LogP contribution >= 0.6 is 11.6 Å². The third-order valence-corrected chi connectivity index (χ3v) is 5.77. The van der Waals surface area contributed by atoms with Crippen LogP contribution in [0.2, 0.25) is 5.02 Å². The van der Waals surface area contributed by atoms with Gasteiger partial charge in [0.1, 0.15) is 11.5 Å². The van der Waals surface area contributed by atoms with Gasteiger partial charge in [-0.3, -0.25) is 0 Å². The van der Waals surface area contributed by atoms with Crippen molar-refractivity contribution in [2.75, 3.05) is 20.5 Å².